The van der Waals surface area contributed by atoms with Gasteiger partial charge in [0.25, 0.3) is 5.56 Å². The van der Waals surface area contributed by atoms with Gasteiger partial charge in [-0.3, -0.25) is 9.78 Å². The average molecular weight is 243 g/mol. The van der Waals surface area contributed by atoms with Gasteiger partial charge in [0.05, 0.1) is 6.21 Å². The maximum absolute atomic E-state index is 10.9. The summed E-state index contributed by atoms with van der Waals surface area (Å²) in [5.74, 6) is 0.212. The molecule has 2 N–H and O–H groups in total. The SMILES string of the molecule is CCc1ccc(/C=N/Nc2nncc(=O)[nH]2)cc1. The second kappa shape index (κ2) is 5.72. The number of H-pyrrole nitrogens is 1. The van der Waals surface area contributed by atoms with Crippen LogP contribution in [0.4, 0.5) is 5.95 Å². The summed E-state index contributed by atoms with van der Waals surface area (Å²) in [6.45, 7) is 2.11. The molecule has 0 saturated carbocycles. The Bertz CT molecular complexity index is 588. The van der Waals surface area contributed by atoms with E-state index in [1.165, 1.54) is 5.56 Å². The van der Waals surface area contributed by atoms with Gasteiger partial charge in [0, 0.05) is 0 Å². The standard InChI is InChI=1S/C12H13N5O/c1-2-9-3-5-10(6-4-9)7-13-16-12-15-11(18)8-14-17-12/h3-8H,2H2,1H3,(H2,15,16,17,18)/b13-7+. The van der Waals surface area contributed by atoms with Crippen molar-refractivity contribution in [2.75, 3.05) is 5.43 Å². The number of hydrogen-bond donors (Lipinski definition) is 2. The zero-order valence-corrected chi connectivity index (χ0v) is 9.92. The van der Waals surface area contributed by atoms with Crippen molar-refractivity contribution in [2.24, 2.45) is 5.10 Å². The van der Waals surface area contributed by atoms with Crippen LogP contribution in [0.1, 0.15) is 18.1 Å². The summed E-state index contributed by atoms with van der Waals surface area (Å²) in [5.41, 5.74) is 4.52. The van der Waals surface area contributed by atoms with Gasteiger partial charge >= 0.3 is 0 Å². The fraction of sp³-hybridized carbons (Fsp3) is 0.167. The van der Waals surface area contributed by atoms with E-state index < -0.39 is 0 Å². The summed E-state index contributed by atoms with van der Waals surface area (Å²) in [6, 6.07) is 8.05. The summed E-state index contributed by atoms with van der Waals surface area (Å²) in [5, 5.41) is 11.1. The molecule has 1 aromatic carbocycles. The van der Waals surface area contributed by atoms with Crippen LogP contribution in [-0.4, -0.2) is 21.4 Å². The minimum absolute atomic E-state index is 0.212. The Morgan fingerprint density at radius 3 is 2.83 bits per heavy atom. The first kappa shape index (κ1) is 12.0. The first-order valence-electron chi connectivity index (χ1n) is 5.58. The van der Waals surface area contributed by atoms with Crippen LogP contribution in [0.5, 0.6) is 0 Å². The van der Waals surface area contributed by atoms with E-state index in [0.717, 1.165) is 18.2 Å². The predicted octanol–water partition coefficient (Wildman–Crippen LogP) is 1.17. The second-order valence-corrected chi connectivity index (χ2v) is 3.65. The Labute approximate surface area is 104 Å². The van der Waals surface area contributed by atoms with Gasteiger partial charge in [0.2, 0.25) is 5.95 Å². The topological polar surface area (TPSA) is 83.0 Å². The van der Waals surface area contributed by atoms with Gasteiger partial charge in [0.15, 0.2) is 0 Å². The van der Waals surface area contributed by atoms with Gasteiger partial charge in [-0.1, -0.05) is 31.2 Å². The quantitative estimate of drug-likeness (QED) is 0.623. The smallest absolute Gasteiger partial charge is 0.271 e. The average Bonchev–Trinajstić information content (AvgIpc) is 2.40. The van der Waals surface area contributed by atoms with Crippen molar-refractivity contribution < 1.29 is 0 Å². The molecule has 0 spiro atoms. The number of aromatic nitrogens is 3. The third-order valence-electron chi connectivity index (χ3n) is 2.35. The number of benzene rings is 1. The van der Waals surface area contributed by atoms with Gasteiger partial charge in [-0.25, -0.2) is 5.43 Å². The molecule has 2 rings (SSSR count). The molecule has 1 heterocycles. The molecule has 6 heteroatoms. The lowest BCUT2D eigenvalue weighted by Crippen LogP contribution is -2.10. The van der Waals surface area contributed by atoms with Gasteiger partial charge in [-0.05, 0) is 17.5 Å². The molecule has 0 bridgehead atoms. The molecule has 0 aliphatic rings. The second-order valence-electron chi connectivity index (χ2n) is 3.65. The molecule has 2 aromatic rings. The van der Waals surface area contributed by atoms with Crippen LogP contribution in [0.3, 0.4) is 0 Å². The molecule has 0 amide bonds. The van der Waals surface area contributed by atoms with Crippen LogP contribution in [0, 0.1) is 0 Å². The van der Waals surface area contributed by atoms with Crippen LogP contribution >= 0.6 is 0 Å². The number of rotatable bonds is 4. The molecule has 0 saturated heterocycles. The molecule has 0 unspecified atom stereocenters. The molecule has 92 valence electrons. The highest BCUT2D eigenvalue weighted by molar-refractivity contribution is 5.80. The molecular weight excluding hydrogens is 230 g/mol. The van der Waals surface area contributed by atoms with E-state index in [4.69, 9.17) is 0 Å². The number of nitrogens with one attached hydrogen (secondary N) is 2. The van der Waals surface area contributed by atoms with Crippen LogP contribution in [0.15, 0.2) is 40.4 Å². The van der Waals surface area contributed by atoms with Crippen LogP contribution in [-0.2, 0) is 6.42 Å². The molecule has 0 atom stereocenters. The number of aromatic amines is 1. The Hall–Kier alpha value is -2.50. The lowest BCUT2D eigenvalue weighted by Gasteiger charge is -1.98. The van der Waals surface area contributed by atoms with Crippen molar-refractivity contribution in [1.82, 2.24) is 15.2 Å². The van der Waals surface area contributed by atoms with Gasteiger partial charge < -0.3 is 0 Å². The van der Waals surface area contributed by atoms with Crippen molar-refractivity contribution in [3.63, 3.8) is 0 Å². The fourth-order valence-electron chi connectivity index (χ4n) is 1.37. The Kier molecular flexibility index (Phi) is 3.80. The summed E-state index contributed by atoms with van der Waals surface area (Å²) in [6.07, 6.45) is 3.75. The molecule has 6 nitrogen and oxygen atoms in total. The largest absolute Gasteiger partial charge is 0.289 e. The highest BCUT2D eigenvalue weighted by atomic mass is 16.1. The van der Waals surface area contributed by atoms with Crippen LogP contribution in [0.25, 0.3) is 0 Å². The summed E-state index contributed by atoms with van der Waals surface area (Å²) >= 11 is 0. The van der Waals surface area contributed by atoms with E-state index in [-0.39, 0.29) is 11.5 Å². The minimum Gasteiger partial charge on any atom is -0.289 e. The molecule has 0 aliphatic heterocycles. The number of aryl methyl sites for hydroxylation is 1. The molecule has 0 fully saturated rings. The number of anilines is 1. The fourth-order valence-corrected chi connectivity index (χ4v) is 1.37. The van der Waals surface area contributed by atoms with Crippen LogP contribution in [0.2, 0.25) is 0 Å². The predicted molar refractivity (Wildman–Crippen MR) is 69.7 cm³/mol. The van der Waals surface area contributed by atoms with Gasteiger partial charge in [0.1, 0.15) is 6.20 Å². The molecule has 18 heavy (non-hydrogen) atoms. The molecule has 1 aromatic heterocycles. The molecule has 0 radical (unpaired) electrons. The zero-order chi connectivity index (χ0) is 12.8. The monoisotopic (exact) mass is 243 g/mol. The van der Waals surface area contributed by atoms with E-state index in [9.17, 15) is 4.79 Å². The lowest BCUT2D eigenvalue weighted by atomic mass is 10.1. The Balaban J connectivity index is 2.00. The van der Waals surface area contributed by atoms with Crippen molar-refractivity contribution in [2.45, 2.75) is 13.3 Å². The van der Waals surface area contributed by atoms with Crippen molar-refractivity contribution in [1.29, 1.82) is 0 Å². The molecule has 0 aliphatic carbocycles. The maximum atomic E-state index is 10.9. The summed E-state index contributed by atoms with van der Waals surface area (Å²) in [4.78, 5) is 13.4. The normalized spacial score (nSPS) is 10.7. The van der Waals surface area contributed by atoms with Crippen molar-refractivity contribution in [3.05, 3.63) is 51.9 Å². The lowest BCUT2D eigenvalue weighted by molar-refractivity contribution is 0.939. The van der Waals surface area contributed by atoms with E-state index in [0.29, 0.717) is 0 Å². The summed E-state index contributed by atoms with van der Waals surface area (Å²) in [7, 11) is 0. The first-order chi connectivity index (χ1) is 8.78. The first-order valence-corrected chi connectivity index (χ1v) is 5.58. The Morgan fingerprint density at radius 1 is 1.39 bits per heavy atom. The van der Waals surface area contributed by atoms with Gasteiger partial charge in [-0.15, -0.1) is 10.2 Å². The highest BCUT2D eigenvalue weighted by Crippen LogP contribution is 2.02. The third-order valence-corrected chi connectivity index (χ3v) is 2.35. The molecular formula is C12H13N5O. The van der Waals surface area contributed by atoms with Gasteiger partial charge in [-0.2, -0.15) is 5.10 Å². The van der Waals surface area contributed by atoms with E-state index in [1.807, 2.05) is 24.3 Å². The van der Waals surface area contributed by atoms with E-state index >= 15 is 0 Å². The summed E-state index contributed by atoms with van der Waals surface area (Å²) < 4.78 is 0. The number of hydrazone groups is 1. The van der Waals surface area contributed by atoms with Crippen LogP contribution < -0.4 is 11.0 Å². The van der Waals surface area contributed by atoms with Crippen molar-refractivity contribution in [3.8, 4) is 0 Å². The number of nitrogens with zero attached hydrogens (tertiary/aromatic N) is 3. The number of hydrogen-bond acceptors (Lipinski definition) is 5. The minimum atomic E-state index is -0.324. The Morgan fingerprint density at radius 2 is 2.17 bits per heavy atom. The van der Waals surface area contributed by atoms with E-state index in [2.05, 4.69) is 32.6 Å². The highest BCUT2D eigenvalue weighted by Gasteiger charge is 1.92. The zero-order valence-electron chi connectivity index (χ0n) is 9.92. The van der Waals surface area contributed by atoms with Crippen molar-refractivity contribution >= 4 is 12.2 Å². The van der Waals surface area contributed by atoms with E-state index in [1.54, 1.807) is 6.21 Å². The maximum Gasteiger partial charge on any atom is 0.271 e. The third kappa shape index (κ3) is 3.24.